The molecule has 0 fully saturated rings. The van der Waals surface area contributed by atoms with Gasteiger partial charge in [-0.25, -0.2) is 0 Å². The fourth-order valence-electron chi connectivity index (χ4n) is 4.14. The van der Waals surface area contributed by atoms with Crippen LogP contribution in [-0.2, 0) is 6.18 Å². The third-order valence-electron chi connectivity index (χ3n) is 5.79. The Morgan fingerprint density at radius 2 is 0.784 bits per heavy atom. The van der Waals surface area contributed by atoms with Gasteiger partial charge in [-0.15, -0.1) is 0 Å². The van der Waals surface area contributed by atoms with E-state index in [1.165, 1.54) is 12.1 Å². The van der Waals surface area contributed by atoms with Crippen LogP contribution in [0.4, 0.5) is 18.9 Å². The first-order valence-corrected chi connectivity index (χ1v) is 14.4. The molecule has 1 nitrogen and oxygen atoms in total. The van der Waals surface area contributed by atoms with Crippen LogP contribution in [0.1, 0.15) is 5.56 Å². The minimum atomic E-state index is -4.44. The van der Waals surface area contributed by atoms with Crippen LogP contribution in [0.15, 0.2) is 146 Å². The van der Waals surface area contributed by atoms with Crippen LogP contribution in [0.3, 0.4) is 0 Å². The van der Waals surface area contributed by atoms with Gasteiger partial charge in [-0.1, -0.05) is 127 Å². The van der Waals surface area contributed by atoms with Gasteiger partial charge < -0.3 is 4.44 Å². The largest absolute Gasteiger partial charge is 0.416 e. The van der Waals surface area contributed by atoms with Crippen LogP contribution in [0, 0.1) is 0 Å². The van der Waals surface area contributed by atoms with Gasteiger partial charge in [0.05, 0.1) is 21.7 Å². The average molecular weight is 529 g/mol. The van der Waals surface area contributed by atoms with Crippen molar-refractivity contribution in [2.75, 3.05) is 4.44 Å². The highest BCUT2D eigenvalue weighted by Gasteiger charge is 2.35. The molecule has 5 aromatic carbocycles. The van der Waals surface area contributed by atoms with E-state index in [4.69, 9.17) is 0 Å². The number of alkyl halides is 3. The van der Waals surface area contributed by atoms with Crippen molar-refractivity contribution in [1.29, 1.82) is 0 Å². The molecule has 0 aliphatic rings. The zero-order chi connectivity index (χ0) is 25.7. The summed E-state index contributed by atoms with van der Waals surface area (Å²) in [6, 6.07) is 46.1. The maximum Gasteiger partial charge on any atom is 0.416 e. The molecule has 0 saturated carbocycles. The minimum absolute atomic E-state index is 0.549. The Kier molecular flexibility index (Phi) is 7.70. The van der Waals surface area contributed by atoms with Crippen LogP contribution >= 0.6 is 16.1 Å². The Balaban J connectivity index is 1.82. The van der Waals surface area contributed by atoms with E-state index in [-0.39, 0.29) is 0 Å². The Hall–Kier alpha value is -3.45. The molecule has 0 radical (unpaired) electrons. The quantitative estimate of drug-likeness (QED) is 0.196. The van der Waals surface area contributed by atoms with E-state index >= 15 is 0 Å². The molecule has 0 heterocycles. The molecule has 37 heavy (non-hydrogen) atoms. The third kappa shape index (κ3) is 5.77. The number of anilines is 1. The fourth-order valence-corrected chi connectivity index (χ4v) is 10.1. The smallest absolute Gasteiger partial charge is 0.313 e. The van der Waals surface area contributed by atoms with Crippen molar-refractivity contribution in [3.8, 4) is 0 Å². The summed E-state index contributed by atoms with van der Waals surface area (Å²) in [5, 5.41) is 4.28. The highest BCUT2D eigenvalue weighted by molar-refractivity contribution is 7.90. The zero-order valence-corrected chi connectivity index (χ0v) is 21.6. The Morgan fingerprint density at radius 1 is 0.432 bits per heavy atom. The molecule has 0 amide bonds. The van der Waals surface area contributed by atoms with Crippen molar-refractivity contribution < 1.29 is 13.2 Å². The fraction of sp³-hybridized carbons (Fsp3) is 0.0323. The molecule has 0 aliphatic carbocycles. The van der Waals surface area contributed by atoms with Gasteiger partial charge in [-0.3, -0.25) is 0 Å². The normalized spacial score (nSPS) is 11.6. The maximum absolute atomic E-state index is 13.9. The zero-order valence-electron chi connectivity index (χ0n) is 19.8. The second kappa shape index (κ2) is 11.3. The lowest BCUT2D eigenvalue weighted by molar-refractivity contribution is -0.137. The molecule has 184 valence electrons. The van der Waals surface area contributed by atoms with Crippen molar-refractivity contribution in [3.63, 3.8) is 0 Å². The van der Waals surface area contributed by atoms with Gasteiger partial charge in [0.2, 0.25) is 0 Å². The van der Waals surface area contributed by atoms with Gasteiger partial charge in [0.15, 0.2) is 0 Å². The highest BCUT2D eigenvalue weighted by Crippen LogP contribution is 2.57. The number of halogens is 3. The number of benzene rings is 5. The number of rotatable bonds is 7. The summed E-state index contributed by atoms with van der Waals surface area (Å²) in [5.74, 6) is 0. The predicted molar refractivity (Wildman–Crippen MR) is 152 cm³/mol. The van der Waals surface area contributed by atoms with Crippen molar-refractivity contribution >= 4 is 43.1 Å². The summed E-state index contributed by atoms with van der Waals surface area (Å²) in [6.45, 7) is 0. The monoisotopic (exact) mass is 529 g/mol. The van der Waals surface area contributed by atoms with E-state index in [1.807, 2.05) is 72.8 Å². The predicted octanol–water partition coefficient (Wildman–Crippen LogP) is 7.61. The molecule has 0 aromatic heterocycles. The summed E-state index contributed by atoms with van der Waals surface area (Å²) in [6.07, 6.45) is -4.44. The Morgan fingerprint density at radius 3 is 1.11 bits per heavy atom. The lowest BCUT2D eigenvalue weighted by Gasteiger charge is -2.41. The van der Waals surface area contributed by atoms with Gasteiger partial charge in [0, 0.05) is 26.9 Å². The summed E-state index contributed by atoms with van der Waals surface area (Å²) in [4.78, 5) is 0. The lowest BCUT2D eigenvalue weighted by atomic mass is 10.2. The average Bonchev–Trinajstić information content (AvgIpc) is 2.95. The first-order valence-electron chi connectivity index (χ1n) is 11.8. The molecule has 0 bridgehead atoms. The van der Waals surface area contributed by atoms with Gasteiger partial charge >= 0.3 is 6.18 Å². The molecular formula is C31H24F3NP2. The molecule has 0 unspecified atom stereocenters. The van der Waals surface area contributed by atoms with Gasteiger partial charge in [0.1, 0.15) is 0 Å². The number of nitrogens with zero attached hydrogens (tertiary/aromatic N) is 1. The van der Waals surface area contributed by atoms with Crippen LogP contribution in [0.5, 0.6) is 0 Å². The van der Waals surface area contributed by atoms with Gasteiger partial charge in [-0.2, -0.15) is 13.2 Å². The molecule has 0 atom stereocenters. The van der Waals surface area contributed by atoms with E-state index in [2.05, 4.69) is 53.0 Å². The molecule has 0 saturated heterocycles. The standard InChI is InChI=1S/C31H24F3NP2/c32-31(33,34)25-14-13-15-26(24-25)35(36(27-16-5-1-6-17-27)28-18-7-2-8-19-28)37(29-20-9-3-10-21-29)30-22-11-4-12-23-30/h1-24H. The number of hydrogen-bond acceptors (Lipinski definition) is 1. The first kappa shape index (κ1) is 25.2. The molecular weight excluding hydrogens is 505 g/mol. The van der Waals surface area contributed by atoms with Crippen molar-refractivity contribution in [3.05, 3.63) is 151 Å². The van der Waals surface area contributed by atoms with E-state index in [1.54, 1.807) is 6.07 Å². The molecule has 0 aliphatic heterocycles. The third-order valence-corrected chi connectivity index (χ3v) is 11.2. The lowest BCUT2D eigenvalue weighted by Crippen LogP contribution is -2.31. The van der Waals surface area contributed by atoms with Crippen LogP contribution in [0.25, 0.3) is 0 Å². The van der Waals surface area contributed by atoms with Crippen LogP contribution in [0.2, 0.25) is 0 Å². The highest BCUT2D eigenvalue weighted by atomic mass is 31.2. The molecule has 6 heteroatoms. The summed E-state index contributed by atoms with van der Waals surface area (Å²) < 4.78 is 44.0. The first-order chi connectivity index (χ1) is 18.0. The van der Waals surface area contributed by atoms with Crippen molar-refractivity contribution in [1.82, 2.24) is 0 Å². The van der Waals surface area contributed by atoms with Crippen molar-refractivity contribution in [2.24, 2.45) is 0 Å². The van der Waals surface area contributed by atoms with E-state index < -0.39 is 27.9 Å². The second-order valence-electron chi connectivity index (χ2n) is 8.30. The summed E-state index contributed by atoms with van der Waals surface area (Å²) >= 11 is 0. The Bertz CT molecular complexity index is 1250. The molecule has 5 rings (SSSR count). The summed E-state index contributed by atoms with van der Waals surface area (Å²) in [7, 11) is -2.46. The topological polar surface area (TPSA) is 3.24 Å². The summed E-state index contributed by atoms with van der Waals surface area (Å²) in [5.41, 5.74) is -0.102. The molecule has 5 aromatic rings. The van der Waals surface area contributed by atoms with E-state index in [0.717, 1.165) is 27.3 Å². The Labute approximate surface area is 217 Å². The van der Waals surface area contributed by atoms with Gasteiger partial charge in [0.25, 0.3) is 0 Å². The minimum Gasteiger partial charge on any atom is -0.313 e. The molecule has 0 spiro atoms. The second-order valence-corrected chi connectivity index (χ2v) is 12.7. The maximum atomic E-state index is 13.9. The number of hydrogen-bond donors (Lipinski definition) is 0. The van der Waals surface area contributed by atoms with E-state index in [0.29, 0.717) is 5.69 Å². The molecule has 0 N–H and O–H groups in total. The van der Waals surface area contributed by atoms with Crippen LogP contribution < -0.4 is 25.7 Å². The SMILES string of the molecule is FC(F)(F)c1cccc(N(P(c2ccccc2)c2ccccc2)P(c2ccccc2)c2ccccc2)c1. The van der Waals surface area contributed by atoms with Crippen molar-refractivity contribution in [2.45, 2.75) is 6.18 Å². The van der Waals surface area contributed by atoms with Gasteiger partial charge in [-0.05, 0) is 18.2 Å². The van der Waals surface area contributed by atoms with Crippen LogP contribution in [-0.4, -0.2) is 0 Å². The van der Waals surface area contributed by atoms with E-state index in [9.17, 15) is 13.2 Å².